The van der Waals surface area contributed by atoms with Crippen LogP contribution in [0.4, 0.5) is 5.69 Å². The molecule has 0 spiro atoms. The molecule has 0 unspecified atom stereocenters. The van der Waals surface area contributed by atoms with E-state index in [4.69, 9.17) is 5.26 Å². The van der Waals surface area contributed by atoms with E-state index in [0.717, 1.165) is 14.8 Å². The summed E-state index contributed by atoms with van der Waals surface area (Å²) in [4.78, 5) is 14.0. The fourth-order valence-electron chi connectivity index (χ4n) is 2.08. The minimum Gasteiger partial charge on any atom is -0.308 e. The van der Waals surface area contributed by atoms with Crippen LogP contribution in [0.1, 0.15) is 24.5 Å². The van der Waals surface area contributed by atoms with Crippen molar-refractivity contribution in [3.05, 3.63) is 63.2 Å². The third-order valence-corrected chi connectivity index (χ3v) is 3.79. The van der Waals surface area contributed by atoms with Crippen molar-refractivity contribution in [2.75, 3.05) is 4.90 Å². The Morgan fingerprint density at radius 3 is 2.67 bits per heavy atom. The summed E-state index contributed by atoms with van der Waals surface area (Å²) in [6.07, 6.45) is 0.431. The van der Waals surface area contributed by atoms with Gasteiger partial charge in [0, 0.05) is 15.7 Å². The first-order valence-electron chi connectivity index (χ1n) is 6.69. The summed E-state index contributed by atoms with van der Waals surface area (Å²) < 4.78 is 1.14. The van der Waals surface area contributed by atoms with Gasteiger partial charge in [-0.05, 0) is 58.5 Å². The molecular weight excluding hydrogens is 375 g/mol. The molecule has 0 saturated carbocycles. The van der Waals surface area contributed by atoms with Crippen LogP contribution in [0.15, 0.2) is 48.5 Å². The Balaban J connectivity index is 2.34. The number of halogens is 1. The van der Waals surface area contributed by atoms with Gasteiger partial charge in [0.05, 0.1) is 18.2 Å². The van der Waals surface area contributed by atoms with Crippen molar-refractivity contribution in [2.24, 2.45) is 0 Å². The Morgan fingerprint density at radius 2 is 2.00 bits per heavy atom. The molecule has 0 saturated heterocycles. The maximum atomic E-state index is 12.2. The topological polar surface area (TPSA) is 44.1 Å². The van der Waals surface area contributed by atoms with E-state index in [1.165, 1.54) is 0 Å². The minimum atomic E-state index is 0.0453. The number of amides is 1. The summed E-state index contributed by atoms with van der Waals surface area (Å²) in [5.74, 6) is 0.0453. The number of nitriles is 1. The van der Waals surface area contributed by atoms with Crippen molar-refractivity contribution in [1.29, 1.82) is 5.26 Å². The highest BCUT2D eigenvalue weighted by Crippen LogP contribution is 2.20. The van der Waals surface area contributed by atoms with Gasteiger partial charge in [0.2, 0.25) is 5.91 Å². The Kier molecular flexibility index (Phi) is 5.34. The Labute approximate surface area is 138 Å². The molecule has 0 aromatic heterocycles. The Morgan fingerprint density at radius 1 is 1.24 bits per heavy atom. The number of rotatable bonds is 4. The van der Waals surface area contributed by atoms with E-state index in [-0.39, 0.29) is 5.91 Å². The lowest BCUT2D eigenvalue weighted by molar-refractivity contribution is -0.118. The van der Waals surface area contributed by atoms with Gasteiger partial charge in [-0.3, -0.25) is 4.79 Å². The molecule has 0 aliphatic rings. The molecule has 3 nitrogen and oxygen atoms in total. The van der Waals surface area contributed by atoms with Crippen LogP contribution in [-0.2, 0) is 11.3 Å². The molecule has 106 valence electrons. The van der Waals surface area contributed by atoms with Crippen molar-refractivity contribution < 1.29 is 4.79 Å². The van der Waals surface area contributed by atoms with Crippen LogP contribution >= 0.6 is 22.6 Å². The first kappa shape index (κ1) is 15.5. The zero-order chi connectivity index (χ0) is 15.2. The van der Waals surface area contributed by atoms with Crippen molar-refractivity contribution in [1.82, 2.24) is 0 Å². The molecule has 2 rings (SSSR count). The summed E-state index contributed by atoms with van der Waals surface area (Å²) in [5, 5.41) is 9.01. The second kappa shape index (κ2) is 7.23. The van der Waals surface area contributed by atoms with Gasteiger partial charge >= 0.3 is 0 Å². The van der Waals surface area contributed by atoms with Crippen molar-refractivity contribution >= 4 is 34.2 Å². The smallest absolute Gasteiger partial charge is 0.227 e. The number of carbonyl (C=O) groups excluding carboxylic acids is 1. The van der Waals surface area contributed by atoms with Gasteiger partial charge in [0.15, 0.2) is 0 Å². The van der Waals surface area contributed by atoms with Crippen LogP contribution in [-0.4, -0.2) is 5.91 Å². The van der Waals surface area contributed by atoms with Gasteiger partial charge in [-0.2, -0.15) is 5.26 Å². The third-order valence-electron chi connectivity index (χ3n) is 3.12. The highest BCUT2D eigenvalue weighted by Gasteiger charge is 2.15. The Bertz CT molecular complexity index is 691. The van der Waals surface area contributed by atoms with E-state index in [9.17, 15) is 4.79 Å². The fraction of sp³-hybridized carbons (Fsp3) is 0.176. The normalized spacial score (nSPS) is 9.95. The molecule has 0 radical (unpaired) electrons. The zero-order valence-electron chi connectivity index (χ0n) is 11.7. The SMILES string of the molecule is CCC(=O)N(Cc1cccc(I)c1)c1cccc(C#N)c1. The summed E-state index contributed by atoms with van der Waals surface area (Å²) >= 11 is 2.26. The zero-order valence-corrected chi connectivity index (χ0v) is 13.9. The molecule has 0 aliphatic heterocycles. The van der Waals surface area contributed by atoms with Crippen LogP contribution in [0, 0.1) is 14.9 Å². The van der Waals surface area contributed by atoms with Crippen LogP contribution in [0.25, 0.3) is 0 Å². The lowest BCUT2D eigenvalue weighted by Crippen LogP contribution is -2.29. The molecule has 0 bridgehead atoms. The van der Waals surface area contributed by atoms with E-state index >= 15 is 0 Å². The number of carbonyl (C=O) groups is 1. The van der Waals surface area contributed by atoms with Crippen LogP contribution in [0.2, 0.25) is 0 Å². The van der Waals surface area contributed by atoms with Crippen LogP contribution in [0.5, 0.6) is 0 Å². The highest BCUT2D eigenvalue weighted by molar-refractivity contribution is 14.1. The molecule has 0 aliphatic carbocycles. The van der Waals surface area contributed by atoms with Gasteiger partial charge in [-0.1, -0.05) is 25.1 Å². The second-order valence-electron chi connectivity index (χ2n) is 4.63. The summed E-state index contributed by atoms with van der Waals surface area (Å²) in [6.45, 7) is 2.36. The third kappa shape index (κ3) is 4.05. The van der Waals surface area contributed by atoms with Crippen LogP contribution < -0.4 is 4.90 Å². The molecule has 0 heterocycles. The molecule has 2 aromatic rings. The van der Waals surface area contributed by atoms with Gasteiger partial charge in [-0.25, -0.2) is 0 Å². The van der Waals surface area contributed by atoms with Crippen molar-refractivity contribution in [3.8, 4) is 6.07 Å². The summed E-state index contributed by atoms with van der Waals surface area (Å²) in [6, 6.07) is 17.3. The molecule has 21 heavy (non-hydrogen) atoms. The molecule has 0 atom stereocenters. The minimum absolute atomic E-state index is 0.0453. The molecule has 2 aromatic carbocycles. The number of benzene rings is 2. The van der Waals surface area contributed by atoms with Gasteiger partial charge < -0.3 is 4.90 Å². The number of hydrogen-bond acceptors (Lipinski definition) is 2. The molecule has 0 N–H and O–H groups in total. The first-order valence-corrected chi connectivity index (χ1v) is 7.77. The maximum absolute atomic E-state index is 12.2. The van der Waals surface area contributed by atoms with E-state index in [1.54, 1.807) is 23.1 Å². The first-order chi connectivity index (χ1) is 10.1. The number of hydrogen-bond donors (Lipinski definition) is 0. The molecule has 1 amide bonds. The summed E-state index contributed by atoms with van der Waals surface area (Å²) in [7, 11) is 0. The quantitative estimate of drug-likeness (QED) is 0.738. The Hall–Kier alpha value is -1.87. The predicted molar refractivity (Wildman–Crippen MR) is 91.8 cm³/mol. The molecule has 0 fully saturated rings. The van der Waals surface area contributed by atoms with E-state index in [1.807, 2.05) is 31.2 Å². The highest BCUT2D eigenvalue weighted by atomic mass is 127. The standard InChI is InChI=1S/C17H15IN2O/c1-2-17(21)20(12-14-6-3-7-15(18)9-14)16-8-4-5-13(10-16)11-19/h3-10H,2,12H2,1H3. The van der Waals surface area contributed by atoms with Crippen molar-refractivity contribution in [2.45, 2.75) is 19.9 Å². The fourth-order valence-corrected chi connectivity index (χ4v) is 2.68. The van der Waals surface area contributed by atoms with E-state index in [0.29, 0.717) is 18.5 Å². The van der Waals surface area contributed by atoms with Gasteiger partial charge in [0.25, 0.3) is 0 Å². The van der Waals surface area contributed by atoms with E-state index in [2.05, 4.69) is 34.7 Å². The monoisotopic (exact) mass is 390 g/mol. The van der Waals surface area contributed by atoms with Gasteiger partial charge in [0.1, 0.15) is 0 Å². The van der Waals surface area contributed by atoms with Gasteiger partial charge in [-0.15, -0.1) is 0 Å². The largest absolute Gasteiger partial charge is 0.308 e. The average molecular weight is 390 g/mol. The lowest BCUT2D eigenvalue weighted by atomic mass is 10.1. The second-order valence-corrected chi connectivity index (χ2v) is 5.87. The number of anilines is 1. The lowest BCUT2D eigenvalue weighted by Gasteiger charge is -2.23. The predicted octanol–water partition coefficient (Wildman–Crippen LogP) is 4.11. The van der Waals surface area contributed by atoms with E-state index < -0.39 is 0 Å². The summed E-state index contributed by atoms with van der Waals surface area (Å²) in [5.41, 5.74) is 2.40. The van der Waals surface area contributed by atoms with Crippen molar-refractivity contribution in [3.63, 3.8) is 0 Å². The maximum Gasteiger partial charge on any atom is 0.227 e. The molecule has 4 heteroatoms. The number of nitrogens with zero attached hydrogens (tertiary/aromatic N) is 2. The van der Waals surface area contributed by atoms with Crippen LogP contribution in [0.3, 0.4) is 0 Å². The average Bonchev–Trinajstić information content (AvgIpc) is 2.52. The molecular formula is C17H15IN2O.